The van der Waals surface area contributed by atoms with Crippen LogP contribution < -0.4 is 10.2 Å². The Bertz CT molecular complexity index is 804. The molecule has 4 nitrogen and oxygen atoms in total. The van der Waals surface area contributed by atoms with Crippen LogP contribution in [0, 0.1) is 12.7 Å². The molecule has 1 N–H and O–H groups in total. The zero-order chi connectivity index (χ0) is 17.3. The Morgan fingerprint density at radius 2 is 2.04 bits per heavy atom. The molecule has 1 heterocycles. The first-order valence-corrected chi connectivity index (χ1v) is 7.91. The van der Waals surface area contributed by atoms with Crippen molar-refractivity contribution in [2.75, 3.05) is 10.2 Å². The van der Waals surface area contributed by atoms with E-state index < -0.39 is 0 Å². The Labute approximate surface area is 140 Å². The summed E-state index contributed by atoms with van der Waals surface area (Å²) in [5.74, 6) is -0.628. The summed E-state index contributed by atoms with van der Waals surface area (Å²) in [5, 5.41) is 2.83. The molecule has 2 aromatic rings. The number of hydrogen-bond acceptors (Lipinski definition) is 2. The van der Waals surface area contributed by atoms with Gasteiger partial charge in [-0.1, -0.05) is 18.2 Å². The number of rotatable bonds is 2. The molecule has 0 radical (unpaired) electrons. The van der Waals surface area contributed by atoms with Crippen LogP contribution in [0.3, 0.4) is 0 Å². The average Bonchev–Trinajstić information content (AvgIpc) is 2.65. The van der Waals surface area contributed by atoms with E-state index in [1.165, 1.54) is 12.1 Å². The fourth-order valence-corrected chi connectivity index (χ4v) is 3.05. The number of carbonyl (C=O) groups excluding carboxylic acids is 2. The third-order valence-corrected chi connectivity index (χ3v) is 4.28. The second-order valence-corrected chi connectivity index (χ2v) is 6.13. The number of hydrogen-bond donors (Lipinski definition) is 1. The minimum absolute atomic E-state index is 0.0937. The summed E-state index contributed by atoms with van der Waals surface area (Å²) in [6, 6.07) is 11.4. The summed E-state index contributed by atoms with van der Waals surface area (Å²) in [4.78, 5) is 26.5. The largest absolute Gasteiger partial charge is 0.324 e. The predicted molar refractivity (Wildman–Crippen MR) is 91.5 cm³/mol. The maximum atomic E-state index is 13.5. The zero-order valence-corrected chi connectivity index (χ0v) is 13.7. The molecule has 0 aliphatic carbocycles. The lowest BCUT2D eigenvalue weighted by Crippen LogP contribution is -2.40. The van der Waals surface area contributed by atoms with Gasteiger partial charge in [-0.15, -0.1) is 0 Å². The van der Waals surface area contributed by atoms with Gasteiger partial charge < -0.3 is 10.2 Å². The lowest BCUT2D eigenvalue weighted by atomic mass is 10.0. The third-order valence-electron chi connectivity index (χ3n) is 4.28. The van der Waals surface area contributed by atoms with E-state index in [4.69, 9.17) is 0 Å². The van der Waals surface area contributed by atoms with E-state index in [9.17, 15) is 14.0 Å². The highest BCUT2D eigenvalue weighted by atomic mass is 19.1. The number of fused-ring (bicyclic) bond motifs is 1. The van der Waals surface area contributed by atoms with Crippen molar-refractivity contribution in [2.45, 2.75) is 32.7 Å². The highest BCUT2D eigenvalue weighted by Crippen LogP contribution is 2.31. The topological polar surface area (TPSA) is 49.4 Å². The Kier molecular flexibility index (Phi) is 4.34. The Morgan fingerprint density at radius 3 is 2.83 bits per heavy atom. The van der Waals surface area contributed by atoms with Crippen molar-refractivity contribution in [2.24, 2.45) is 0 Å². The number of halogens is 1. The quantitative estimate of drug-likeness (QED) is 0.919. The van der Waals surface area contributed by atoms with E-state index in [2.05, 4.69) is 5.32 Å². The minimum Gasteiger partial charge on any atom is -0.324 e. The normalized spacial score (nSPS) is 17.0. The molecule has 2 aromatic carbocycles. The number of aryl methyl sites for hydroxylation is 1. The number of para-hydroxylation sites is 2. The molecule has 0 fully saturated rings. The van der Waals surface area contributed by atoms with Gasteiger partial charge in [-0.25, -0.2) is 4.39 Å². The number of benzene rings is 2. The van der Waals surface area contributed by atoms with Gasteiger partial charge in [0.1, 0.15) is 5.82 Å². The molecule has 0 spiro atoms. The maximum Gasteiger partial charge on any atom is 0.231 e. The lowest BCUT2D eigenvalue weighted by Gasteiger charge is -2.28. The summed E-state index contributed by atoms with van der Waals surface area (Å²) in [5.41, 5.74) is 2.83. The number of amides is 2. The van der Waals surface area contributed by atoms with Gasteiger partial charge >= 0.3 is 0 Å². The summed E-state index contributed by atoms with van der Waals surface area (Å²) < 4.78 is 13.5. The average molecular weight is 326 g/mol. The number of anilines is 2. The van der Waals surface area contributed by atoms with Gasteiger partial charge in [0, 0.05) is 12.5 Å². The van der Waals surface area contributed by atoms with E-state index in [1.54, 1.807) is 17.0 Å². The fraction of sp³-hybridized carbons (Fsp3) is 0.263. The molecule has 1 aliphatic heterocycles. The summed E-state index contributed by atoms with van der Waals surface area (Å²) in [6.45, 7) is 3.70. The Balaban J connectivity index is 1.96. The molecular formula is C19H19FN2O2. The van der Waals surface area contributed by atoms with Crippen LogP contribution in [0.4, 0.5) is 15.8 Å². The summed E-state index contributed by atoms with van der Waals surface area (Å²) in [7, 11) is 0. The minimum atomic E-state index is -0.357. The molecule has 124 valence electrons. The van der Waals surface area contributed by atoms with Gasteiger partial charge in [0.2, 0.25) is 11.8 Å². The van der Waals surface area contributed by atoms with Crippen molar-refractivity contribution < 1.29 is 14.0 Å². The molecule has 0 saturated carbocycles. The molecule has 1 unspecified atom stereocenters. The zero-order valence-electron chi connectivity index (χ0n) is 13.7. The SMILES string of the molecule is Cc1ccc(F)cc1CC(=O)N1c2ccccc2NC(=O)CC1C. The first-order valence-electron chi connectivity index (χ1n) is 7.91. The van der Waals surface area contributed by atoms with Gasteiger partial charge in [-0.05, 0) is 49.2 Å². The van der Waals surface area contributed by atoms with Crippen LogP contribution >= 0.6 is 0 Å². The molecule has 0 bridgehead atoms. The number of nitrogens with zero attached hydrogens (tertiary/aromatic N) is 1. The molecule has 24 heavy (non-hydrogen) atoms. The molecule has 0 saturated heterocycles. The molecule has 1 atom stereocenters. The van der Waals surface area contributed by atoms with Crippen molar-refractivity contribution in [1.29, 1.82) is 0 Å². The predicted octanol–water partition coefficient (Wildman–Crippen LogP) is 3.44. The van der Waals surface area contributed by atoms with E-state index in [0.29, 0.717) is 16.9 Å². The maximum absolute atomic E-state index is 13.5. The second kappa shape index (κ2) is 6.43. The highest BCUT2D eigenvalue weighted by Gasteiger charge is 2.29. The van der Waals surface area contributed by atoms with E-state index in [-0.39, 0.29) is 36.5 Å². The first-order chi connectivity index (χ1) is 11.5. The van der Waals surface area contributed by atoms with Gasteiger partial charge in [-0.2, -0.15) is 0 Å². The van der Waals surface area contributed by atoms with Crippen LogP contribution in [0.2, 0.25) is 0 Å². The van der Waals surface area contributed by atoms with Crippen LogP contribution in [0.15, 0.2) is 42.5 Å². The van der Waals surface area contributed by atoms with Crippen molar-refractivity contribution in [3.63, 3.8) is 0 Å². The van der Waals surface area contributed by atoms with Crippen molar-refractivity contribution in [1.82, 2.24) is 0 Å². The van der Waals surface area contributed by atoms with Crippen molar-refractivity contribution in [3.8, 4) is 0 Å². The van der Waals surface area contributed by atoms with Gasteiger partial charge in [-0.3, -0.25) is 9.59 Å². The number of nitrogens with one attached hydrogen (secondary N) is 1. The Morgan fingerprint density at radius 1 is 1.29 bits per heavy atom. The summed E-state index contributed by atoms with van der Waals surface area (Å²) in [6.07, 6.45) is 0.318. The number of carbonyl (C=O) groups is 2. The standard InChI is InChI=1S/C19H19FN2O2/c1-12-7-8-15(20)10-14(12)11-19(24)22-13(2)9-18(23)21-16-5-3-4-6-17(16)22/h3-8,10,13H,9,11H2,1-2H3,(H,21,23). The first kappa shape index (κ1) is 16.2. The molecule has 2 amide bonds. The van der Waals surface area contributed by atoms with Gasteiger partial charge in [0.05, 0.1) is 17.8 Å². The summed E-state index contributed by atoms with van der Waals surface area (Å²) >= 11 is 0. The highest BCUT2D eigenvalue weighted by molar-refractivity contribution is 6.04. The van der Waals surface area contributed by atoms with Crippen LogP contribution in [-0.4, -0.2) is 17.9 Å². The van der Waals surface area contributed by atoms with Gasteiger partial charge in [0.15, 0.2) is 0 Å². The third kappa shape index (κ3) is 3.15. The van der Waals surface area contributed by atoms with E-state index in [0.717, 1.165) is 5.56 Å². The molecule has 0 aromatic heterocycles. The van der Waals surface area contributed by atoms with Crippen LogP contribution in [-0.2, 0) is 16.0 Å². The van der Waals surface area contributed by atoms with Gasteiger partial charge in [0.25, 0.3) is 0 Å². The molecule has 1 aliphatic rings. The fourth-order valence-electron chi connectivity index (χ4n) is 3.05. The van der Waals surface area contributed by atoms with Crippen LogP contribution in [0.1, 0.15) is 24.5 Å². The lowest BCUT2D eigenvalue weighted by molar-refractivity contribution is -0.118. The molecule has 5 heteroatoms. The van der Waals surface area contributed by atoms with E-state index >= 15 is 0 Å². The monoisotopic (exact) mass is 326 g/mol. The van der Waals surface area contributed by atoms with Crippen molar-refractivity contribution in [3.05, 3.63) is 59.4 Å². The van der Waals surface area contributed by atoms with Crippen LogP contribution in [0.25, 0.3) is 0 Å². The smallest absolute Gasteiger partial charge is 0.231 e. The van der Waals surface area contributed by atoms with E-state index in [1.807, 2.05) is 32.0 Å². The molecule has 3 rings (SSSR count). The second-order valence-electron chi connectivity index (χ2n) is 6.13. The molecular weight excluding hydrogens is 307 g/mol. The van der Waals surface area contributed by atoms with Crippen molar-refractivity contribution >= 4 is 23.2 Å². The Hall–Kier alpha value is -2.69. The van der Waals surface area contributed by atoms with Crippen LogP contribution in [0.5, 0.6) is 0 Å².